The summed E-state index contributed by atoms with van der Waals surface area (Å²) in [6, 6.07) is 9.58. The standard InChI is InChI=1S/C23H20O7.C10H22N2O4/c1-5-7-17(16(6-2)23(25)30-27-4)22-18-10-8-14(24)12-20(18)28-21-13-15(29-26-3)9-11-19(21)22;1-10(13)12-3-5-15-7-9-16-8-6-14-4-2-11/h5-13H,1H2,2-4H3;2-9,11H2,1H3,(H,12,13)/b16-6+,17-7+;. The Morgan fingerprint density at radius 1 is 0.957 bits per heavy atom. The summed E-state index contributed by atoms with van der Waals surface area (Å²) in [5.74, 6) is 0.0496. The highest BCUT2D eigenvalue weighted by atomic mass is 17.2. The van der Waals surface area contributed by atoms with Gasteiger partial charge in [0.25, 0.3) is 0 Å². The number of allylic oxidation sites excluding steroid dienone is 3. The molecule has 46 heavy (non-hydrogen) atoms. The van der Waals surface area contributed by atoms with E-state index in [1.807, 2.05) is 0 Å². The summed E-state index contributed by atoms with van der Waals surface area (Å²) in [7, 11) is 2.64. The lowest BCUT2D eigenvalue weighted by Gasteiger charge is -2.18. The first-order valence-electron chi connectivity index (χ1n) is 14.4. The van der Waals surface area contributed by atoms with Gasteiger partial charge in [0, 0.05) is 48.7 Å². The first kappa shape index (κ1) is 37.8. The Bertz CT molecular complexity index is 1500. The van der Waals surface area contributed by atoms with Crippen molar-refractivity contribution in [1.82, 2.24) is 5.32 Å². The molecule has 1 heterocycles. The van der Waals surface area contributed by atoms with Crippen molar-refractivity contribution in [3.8, 4) is 17.1 Å². The molecule has 3 rings (SSSR count). The van der Waals surface area contributed by atoms with E-state index in [2.05, 4.69) is 16.8 Å². The van der Waals surface area contributed by atoms with Gasteiger partial charge in [0.05, 0.1) is 59.4 Å². The Labute approximate surface area is 267 Å². The molecule has 13 heteroatoms. The van der Waals surface area contributed by atoms with Crippen LogP contribution in [-0.4, -0.2) is 78.8 Å². The topological polar surface area (TPSA) is 167 Å². The molecule has 1 amide bonds. The largest absolute Gasteiger partial charge is 0.456 e. The molecule has 1 aliphatic carbocycles. The van der Waals surface area contributed by atoms with Crippen molar-refractivity contribution in [3.63, 3.8) is 0 Å². The summed E-state index contributed by atoms with van der Waals surface area (Å²) in [4.78, 5) is 54.1. The number of carbonyl (C=O) groups is 2. The van der Waals surface area contributed by atoms with E-state index in [0.29, 0.717) is 91.9 Å². The number of nitrogens with two attached hydrogens (primary N) is 1. The zero-order chi connectivity index (χ0) is 33.7. The number of fused-ring (bicyclic) bond motifs is 2. The fourth-order valence-electron chi connectivity index (χ4n) is 4.14. The number of rotatable bonds is 18. The molecule has 0 aromatic heterocycles. The summed E-state index contributed by atoms with van der Waals surface area (Å²) >= 11 is 0. The van der Waals surface area contributed by atoms with Crippen molar-refractivity contribution in [3.05, 3.63) is 82.6 Å². The molecular formula is C33H42N2O11. The highest BCUT2D eigenvalue weighted by molar-refractivity contribution is 6.12. The summed E-state index contributed by atoms with van der Waals surface area (Å²) in [5.41, 5.74) is 7.56. The minimum absolute atomic E-state index is 0.0445. The maximum absolute atomic E-state index is 12.5. The molecular weight excluding hydrogens is 600 g/mol. The Hall–Kier alpha value is -4.37. The van der Waals surface area contributed by atoms with E-state index in [4.69, 9.17) is 39.0 Å². The van der Waals surface area contributed by atoms with Crippen LogP contribution in [0.25, 0.3) is 27.9 Å². The number of carbonyl (C=O) groups excluding carboxylic acids is 2. The van der Waals surface area contributed by atoms with Gasteiger partial charge in [-0.05, 0) is 36.8 Å². The Kier molecular flexibility index (Phi) is 17.6. The van der Waals surface area contributed by atoms with Gasteiger partial charge in [0.1, 0.15) is 11.3 Å². The predicted octanol–water partition coefficient (Wildman–Crippen LogP) is 3.59. The van der Waals surface area contributed by atoms with Gasteiger partial charge in [0.2, 0.25) is 5.91 Å². The third-order valence-electron chi connectivity index (χ3n) is 5.98. The molecule has 250 valence electrons. The molecule has 0 unspecified atom stereocenters. The average Bonchev–Trinajstić information content (AvgIpc) is 3.03. The molecule has 0 saturated carbocycles. The van der Waals surface area contributed by atoms with Gasteiger partial charge in [-0.3, -0.25) is 14.5 Å². The highest BCUT2D eigenvalue weighted by Crippen LogP contribution is 2.41. The minimum Gasteiger partial charge on any atom is -0.456 e. The third kappa shape index (κ3) is 12.2. The van der Waals surface area contributed by atoms with Gasteiger partial charge in [-0.25, -0.2) is 4.79 Å². The quantitative estimate of drug-likeness (QED) is 0.0518. The van der Waals surface area contributed by atoms with Crippen molar-refractivity contribution >= 4 is 28.4 Å². The lowest BCUT2D eigenvalue weighted by atomic mass is 9.89. The first-order valence-corrected chi connectivity index (χ1v) is 14.4. The number of amides is 1. The van der Waals surface area contributed by atoms with Crippen LogP contribution in [-0.2, 0) is 38.5 Å². The van der Waals surface area contributed by atoms with E-state index in [-0.39, 0.29) is 16.9 Å². The van der Waals surface area contributed by atoms with Crippen molar-refractivity contribution in [2.45, 2.75) is 13.8 Å². The van der Waals surface area contributed by atoms with Crippen LogP contribution >= 0.6 is 0 Å². The van der Waals surface area contributed by atoms with Crippen molar-refractivity contribution < 1.29 is 47.8 Å². The lowest BCUT2D eigenvalue weighted by molar-refractivity contribution is -0.250. The van der Waals surface area contributed by atoms with Crippen LogP contribution in [0.5, 0.6) is 5.75 Å². The smallest absolute Gasteiger partial charge is 0.373 e. The second-order valence-corrected chi connectivity index (χ2v) is 9.21. The monoisotopic (exact) mass is 642 g/mol. The molecule has 0 saturated heterocycles. The maximum atomic E-state index is 12.5. The third-order valence-corrected chi connectivity index (χ3v) is 5.98. The number of hydrogen-bond donors (Lipinski definition) is 2. The number of nitrogens with one attached hydrogen (secondary N) is 1. The van der Waals surface area contributed by atoms with Gasteiger partial charge < -0.3 is 34.6 Å². The van der Waals surface area contributed by atoms with Crippen LogP contribution in [0.15, 0.2) is 76.0 Å². The fourth-order valence-corrected chi connectivity index (χ4v) is 4.14. The van der Waals surface area contributed by atoms with Gasteiger partial charge in [-0.15, -0.1) is 0 Å². The van der Waals surface area contributed by atoms with E-state index in [1.165, 1.54) is 33.3 Å². The molecule has 0 atom stereocenters. The fraction of sp³-hybridized carbons (Fsp3) is 0.364. The van der Waals surface area contributed by atoms with Crippen LogP contribution < -0.4 is 21.4 Å². The van der Waals surface area contributed by atoms with Crippen LogP contribution in [0, 0.1) is 0 Å². The summed E-state index contributed by atoms with van der Waals surface area (Å²) in [6.07, 6.45) is 4.86. The molecule has 0 spiro atoms. The lowest BCUT2D eigenvalue weighted by Crippen LogP contribution is -2.25. The molecule has 2 aliphatic rings. The van der Waals surface area contributed by atoms with E-state index in [1.54, 1.807) is 49.4 Å². The summed E-state index contributed by atoms with van der Waals surface area (Å²) < 4.78 is 21.5. The molecule has 0 radical (unpaired) electrons. The molecule has 3 N–H and O–H groups in total. The van der Waals surface area contributed by atoms with Crippen LogP contribution in [0.1, 0.15) is 19.4 Å². The van der Waals surface area contributed by atoms with Gasteiger partial charge in [0.15, 0.2) is 11.2 Å². The molecule has 1 aromatic carbocycles. The minimum atomic E-state index is -0.671. The van der Waals surface area contributed by atoms with Gasteiger partial charge in [-0.2, -0.15) is 9.78 Å². The summed E-state index contributed by atoms with van der Waals surface area (Å²) in [6.45, 7) is 11.3. The molecule has 1 aromatic rings. The Morgan fingerprint density at radius 3 is 2.26 bits per heavy atom. The van der Waals surface area contributed by atoms with Crippen molar-refractivity contribution in [2.75, 3.05) is 67.0 Å². The molecule has 13 nitrogen and oxygen atoms in total. The van der Waals surface area contributed by atoms with Gasteiger partial charge >= 0.3 is 5.97 Å². The van der Waals surface area contributed by atoms with E-state index in [9.17, 15) is 14.4 Å². The van der Waals surface area contributed by atoms with E-state index < -0.39 is 5.97 Å². The van der Waals surface area contributed by atoms with E-state index in [0.717, 1.165) is 0 Å². The first-order chi connectivity index (χ1) is 22.3. The molecule has 1 aliphatic heterocycles. The average molecular weight is 643 g/mol. The molecule has 0 fully saturated rings. The highest BCUT2D eigenvalue weighted by Gasteiger charge is 2.25. The second-order valence-electron chi connectivity index (χ2n) is 9.21. The zero-order valence-electron chi connectivity index (χ0n) is 26.6. The van der Waals surface area contributed by atoms with Crippen molar-refractivity contribution in [2.24, 2.45) is 5.73 Å². The normalized spacial score (nSPS) is 11.6. The Morgan fingerprint density at radius 2 is 1.65 bits per heavy atom. The number of hydrogen-bond acceptors (Lipinski definition) is 12. The maximum Gasteiger partial charge on any atom is 0.373 e. The molecule has 0 bridgehead atoms. The summed E-state index contributed by atoms with van der Waals surface area (Å²) in [5, 5.41) is 3.32. The Balaban J connectivity index is 0.000000392. The van der Waals surface area contributed by atoms with Crippen LogP contribution in [0.2, 0.25) is 0 Å². The van der Waals surface area contributed by atoms with E-state index >= 15 is 0 Å². The number of ether oxygens (including phenoxy) is 3. The number of benzene rings is 2. The predicted molar refractivity (Wildman–Crippen MR) is 172 cm³/mol. The van der Waals surface area contributed by atoms with Crippen LogP contribution in [0.3, 0.4) is 0 Å². The van der Waals surface area contributed by atoms with Gasteiger partial charge in [-0.1, -0.05) is 24.8 Å². The SMILES string of the molecule is C=C/C=C(\C(=C/C)C(=O)OOC)c1c2ccc(=O)cc-2oc2cc(OOC)ccc12.CC(=O)NCCOCCOCCOCCN. The second kappa shape index (κ2) is 21.4. The zero-order valence-corrected chi connectivity index (χ0v) is 26.6. The van der Waals surface area contributed by atoms with Crippen molar-refractivity contribution in [1.29, 1.82) is 0 Å². The van der Waals surface area contributed by atoms with Crippen LogP contribution in [0.4, 0.5) is 0 Å².